The number of hydrogen-bond donors (Lipinski definition) is 1. The molecule has 0 amide bonds. The Hall–Kier alpha value is -6.20. The van der Waals surface area contributed by atoms with E-state index in [-0.39, 0.29) is 0 Å². The first-order chi connectivity index (χ1) is 23.8. The Morgan fingerprint density at radius 2 is 1.31 bits per heavy atom. The molecule has 0 spiro atoms. The van der Waals surface area contributed by atoms with Crippen molar-refractivity contribution in [2.24, 2.45) is 9.98 Å². The normalized spacial score (nSPS) is 14.8. The molecule has 48 heavy (non-hydrogen) atoms. The number of nitrogens with zero attached hydrogens (tertiary/aromatic N) is 2. The SMILES string of the molecule is C1=Cc2ccc3oc4cc(-c5cccc6c5oc5c(C7N=C(c8ccccc8)NC(c8ccccc8)=N7)cccc56)ccc4c3c2CC1. The molecule has 1 aliphatic heterocycles. The smallest absolute Gasteiger partial charge is 0.173 e. The molecule has 5 nitrogen and oxygen atoms in total. The first-order valence-electron chi connectivity index (χ1n) is 16.4. The van der Waals surface area contributed by atoms with E-state index < -0.39 is 6.17 Å². The third kappa shape index (κ3) is 4.25. The lowest BCUT2D eigenvalue weighted by Crippen LogP contribution is -2.36. The molecule has 8 aromatic rings. The summed E-state index contributed by atoms with van der Waals surface area (Å²) in [5.41, 5.74) is 11.1. The summed E-state index contributed by atoms with van der Waals surface area (Å²) in [6.45, 7) is 0. The van der Waals surface area contributed by atoms with Gasteiger partial charge in [0.25, 0.3) is 0 Å². The highest BCUT2D eigenvalue weighted by Gasteiger charge is 2.25. The topological polar surface area (TPSA) is 63.0 Å². The Morgan fingerprint density at radius 3 is 2.08 bits per heavy atom. The zero-order chi connectivity index (χ0) is 31.6. The van der Waals surface area contributed by atoms with Gasteiger partial charge >= 0.3 is 0 Å². The summed E-state index contributed by atoms with van der Waals surface area (Å²) < 4.78 is 13.3. The molecule has 0 bridgehead atoms. The fourth-order valence-corrected chi connectivity index (χ4v) is 7.33. The number of rotatable bonds is 4. The first kappa shape index (κ1) is 27.0. The van der Waals surface area contributed by atoms with E-state index in [1.54, 1.807) is 0 Å². The molecular formula is C43H29N3O2. The second-order valence-electron chi connectivity index (χ2n) is 12.5. The van der Waals surface area contributed by atoms with Crippen LogP contribution in [0, 0.1) is 0 Å². The maximum absolute atomic E-state index is 6.85. The molecule has 2 aromatic heterocycles. The molecule has 0 atom stereocenters. The van der Waals surface area contributed by atoms with Crippen LogP contribution in [0.5, 0.6) is 0 Å². The Labute approximate surface area is 276 Å². The molecule has 0 saturated carbocycles. The van der Waals surface area contributed by atoms with Crippen molar-refractivity contribution in [3.63, 3.8) is 0 Å². The number of aliphatic imine (C=N–C) groups is 2. The fraction of sp³-hybridized carbons (Fsp3) is 0.0698. The van der Waals surface area contributed by atoms with Crippen LogP contribution in [0.25, 0.3) is 61.1 Å². The monoisotopic (exact) mass is 619 g/mol. The summed E-state index contributed by atoms with van der Waals surface area (Å²) in [7, 11) is 0. The van der Waals surface area contributed by atoms with Crippen LogP contribution in [0.1, 0.15) is 40.4 Å². The Morgan fingerprint density at radius 1 is 0.583 bits per heavy atom. The number of aryl methyl sites for hydroxylation is 1. The summed E-state index contributed by atoms with van der Waals surface area (Å²) in [6.07, 6.45) is 6.08. The quantitative estimate of drug-likeness (QED) is 0.213. The van der Waals surface area contributed by atoms with Gasteiger partial charge in [-0.25, -0.2) is 9.98 Å². The molecule has 0 saturated heterocycles. The van der Waals surface area contributed by atoms with Gasteiger partial charge in [0.15, 0.2) is 6.17 Å². The van der Waals surface area contributed by atoms with Crippen molar-refractivity contribution in [3.8, 4) is 11.1 Å². The number of benzene rings is 6. The predicted octanol–water partition coefficient (Wildman–Crippen LogP) is 10.6. The zero-order valence-corrected chi connectivity index (χ0v) is 26.0. The Balaban J connectivity index is 1.13. The third-order valence-corrected chi connectivity index (χ3v) is 9.62. The molecular weight excluding hydrogens is 590 g/mol. The van der Waals surface area contributed by atoms with Crippen molar-refractivity contribution in [1.82, 2.24) is 5.32 Å². The van der Waals surface area contributed by atoms with Gasteiger partial charge in [0, 0.05) is 43.8 Å². The summed E-state index contributed by atoms with van der Waals surface area (Å²) >= 11 is 0. The van der Waals surface area contributed by atoms with E-state index in [4.69, 9.17) is 18.8 Å². The largest absolute Gasteiger partial charge is 0.456 e. The fourth-order valence-electron chi connectivity index (χ4n) is 7.33. The van der Waals surface area contributed by atoms with E-state index in [0.29, 0.717) is 0 Å². The van der Waals surface area contributed by atoms with Crippen LogP contribution >= 0.6 is 0 Å². The van der Waals surface area contributed by atoms with Crippen molar-refractivity contribution in [2.75, 3.05) is 0 Å². The molecule has 0 unspecified atom stereocenters. The van der Waals surface area contributed by atoms with Gasteiger partial charge in [0.2, 0.25) is 0 Å². The minimum absolute atomic E-state index is 0.489. The minimum atomic E-state index is -0.489. The van der Waals surface area contributed by atoms with Crippen LogP contribution in [-0.4, -0.2) is 11.7 Å². The molecule has 0 radical (unpaired) electrons. The molecule has 228 valence electrons. The standard InChI is InChI=1S/C43H29N3O2/c1-3-12-27(13-4-1)41-44-42(28-14-5-2-6-15-28)46-43(45-41)35-20-10-19-33-32-18-9-17-31(39(32)48-40(33)35)29-21-23-34-37(25-29)47-36-24-22-26-11-7-8-16-30(26)38(34)36/h1-7,9-15,17-25,43H,8,16H2,(H,44,45,46). The van der Waals surface area contributed by atoms with Crippen molar-refractivity contribution in [3.05, 3.63) is 161 Å². The number of fused-ring (bicyclic) bond motifs is 8. The molecule has 1 aliphatic carbocycles. The number of hydrogen-bond acceptors (Lipinski definition) is 5. The average Bonchev–Trinajstić information content (AvgIpc) is 3.74. The third-order valence-electron chi connectivity index (χ3n) is 9.62. The van der Waals surface area contributed by atoms with E-state index in [0.717, 1.165) is 90.8 Å². The van der Waals surface area contributed by atoms with Gasteiger partial charge in [-0.05, 0) is 47.7 Å². The van der Waals surface area contributed by atoms with Gasteiger partial charge in [0.05, 0.1) is 0 Å². The Kier molecular flexibility index (Phi) is 6.00. The zero-order valence-electron chi connectivity index (χ0n) is 26.0. The second-order valence-corrected chi connectivity index (χ2v) is 12.5. The number of amidine groups is 2. The molecule has 3 heterocycles. The van der Waals surface area contributed by atoms with Crippen LogP contribution in [0.4, 0.5) is 0 Å². The van der Waals surface area contributed by atoms with Gasteiger partial charge in [-0.1, -0.05) is 121 Å². The lowest BCUT2D eigenvalue weighted by molar-refractivity contribution is 0.650. The summed E-state index contributed by atoms with van der Waals surface area (Å²) in [5.74, 6) is 1.55. The van der Waals surface area contributed by atoms with Crippen molar-refractivity contribution in [1.29, 1.82) is 0 Å². The van der Waals surface area contributed by atoms with Gasteiger partial charge in [-0.3, -0.25) is 0 Å². The van der Waals surface area contributed by atoms with E-state index in [2.05, 4.69) is 108 Å². The molecule has 1 N–H and O–H groups in total. The highest BCUT2D eigenvalue weighted by atomic mass is 16.3. The number of allylic oxidation sites excluding steroid dienone is 1. The highest BCUT2D eigenvalue weighted by molar-refractivity contribution is 6.16. The predicted molar refractivity (Wildman–Crippen MR) is 196 cm³/mol. The van der Waals surface area contributed by atoms with Gasteiger partial charge in [-0.2, -0.15) is 0 Å². The van der Waals surface area contributed by atoms with Crippen molar-refractivity contribution < 1.29 is 8.83 Å². The average molecular weight is 620 g/mol. The van der Waals surface area contributed by atoms with E-state index >= 15 is 0 Å². The van der Waals surface area contributed by atoms with Crippen LogP contribution in [0.2, 0.25) is 0 Å². The summed E-state index contributed by atoms with van der Waals surface area (Å²) in [6, 6.07) is 43.9. The van der Waals surface area contributed by atoms with Crippen LogP contribution in [0.15, 0.2) is 152 Å². The first-order valence-corrected chi connectivity index (χ1v) is 16.4. The lowest BCUT2D eigenvalue weighted by Gasteiger charge is -2.22. The molecule has 6 aromatic carbocycles. The van der Waals surface area contributed by atoms with E-state index in [9.17, 15) is 0 Å². The molecule has 2 aliphatic rings. The van der Waals surface area contributed by atoms with Crippen LogP contribution in [-0.2, 0) is 6.42 Å². The summed E-state index contributed by atoms with van der Waals surface area (Å²) in [4.78, 5) is 10.3. The van der Waals surface area contributed by atoms with Crippen LogP contribution in [0.3, 0.4) is 0 Å². The van der Waals surface area contributed by atoms with Crippen LogP contribution < -0.4 is 5.32 Å². The van der Waals surface area contributed by atoms with Gasteiger partial charge in [0.1, 0.15) is 34.0 Å². The number of furan rings is 2. The number of para-hydroxylation sites is 2. The molecule has 10 rings (SSSR count). The maximum Gasteiger partial charge on any atom is 0.173 e. The van der Waals surface area contributed by atoms with E-state index in [1.165, 1.54) is 16.5 Å². The highest BCUT2D eigenvalue weighted by Crippen LogP contribution is 2.42. The van der Waals surface area contributed by atoms with Gasteiger partial charge < -0.3 is 14.2 Å². The Bertz CT molecular complexity index is 2590. The second kappa shape index (κ2) is 10.7. The minimum Gasteiger partial charge on any atom is -0.456 e. The molecule has 5 heteroatoms. The lowest BCUT2D eigenvalue weighted by atomic mass is 9.92. The maximum atomic E-state index is 6.85. The van der Waals surface area contributed by atoms with Gasteiger partial charge in [-0.15, -0.1) is 0 Å². The summed E-state index contributed by atoms with van der Waals surface area (Å²) in [5, 5.41) is 7.98. The van der Waals surface area contributed by atoms with E-state index in [1.807, 2.05) is 36.4 Å². The van der Waals surface area contributed by atoms with Crippen molar-refractivity contribution in [2.45, 2.75) is 19.0 Å². The molecule has 0 fully saturated rings. The number of nitrogens with one attached hydrogen (secondary N) is 1. The van der Waals surface area contributed by atoms with Crippen molar-refractivity contribution >= 4 is 61.6 Å².